The summed E-state index contributed by atoms with van der Waals surface area (Å²) in [6.07, 6.45) is 8.54. The zero-order valence-corrected chi connectivity index (χ0v) is 9.48. The Labute approximate surface area is 86.7 Å². The van der Waals surface area contributed by atoms with Gasteiger partial charge in [-0.1, -0.05) is 57.0 Å². The zero-order valence-electron chi connectivity index (χ0n) is 7.84. The van der Waals surface area contributed by atoms with Crippen LogP contribution in [-0.4, -0.2) is 10.2 Å². The first-order valence-electron chi connectivity index (χ1n) is 4.76. The highest BCUT2D eigenvalue weighted by Gasteiger charge is 1.94. The van der Waals surface area contributed by atoms with Crippen LogP contribution in [0.4, 0.5) is 0 Å². The van der Waals surface area contributed by atoms with E-state index < -0.39 is 0 Å². The molecule has 0 radical (unpaired) electrons. The molecule has 0 saturated carbocycles. The highest BCUT2D eigenvalue weighted by Crippen LogP contribution is 2.06. The lowest BCUT2D eigenvalue weighted by Gasteiger charge is -1.99. The predicted molar refractivity (Wildman–Crippen MR) is 64.2 cm³/mol. The second-order valence-corrected chi connectivity index (χ2v) is 3.98. The molecule has 70 valence electrons. The van der Waals surface area contributed by atoms with E-state index in [0.29, 0.717) is 0 Å². The van der Waals surface area contributed by atoms with E-state index in [9.17, 15) is 0 Å². The zero-order chi connectivity index (χ0) is 9.23. The van der Waals surface area contributed by atoms with Gasteiger partial charge < -0.3 is 0 Å². The lowest BCUT2D eigenvalue weighted by molar-refractivity contribution is 0.644. The first-order chi connectivity index (χ1) is 5.81. The average molecular weight is 202 g/mol. The van der Waals surface area contributed by atoms with Gasteiger partial charge in [0.25, 0.3) is 0 Å². The Balaban J connectivity index is 3.08. The van der Waals surface area contributed by atoms with Crippen molar-refractivity contribution in [2.75, 3.05) is 0 Å². The van der Waals surface area contributed by atoms with E-state index in [1.165, 1.54) is 32.1 Å². The van der Waals surface area contributed by atoms with Crippen molar-refractivity contribution in [3.63, 3.8) is 0 Å². The fourth-order valence-corrected chi connectivity index (χ4v) is 1.66. The molecule has 0 aliphatic carbocycles. The molecule has 2 heteroatoms. The molecule has 12 heavy (non-hydrogen) atoms. The van der Waals surface area contributed by atoms with Crippen molar-refractivity contribution in [1.29, 1.82) is 0 Å². The molecule has 0 aromatic rings. The van der Waals surface area contributed by atoms with E-state index in [4.69, 9.17) is 24.4 Å². The van der Waals surface area contributed by atoms with Crippen LogP contribution in [0.1, 0.15) is 51.9 Å². The van der Waals surface area contributed by atoms with Crippen LogP contribution in [0.2, 0.25) is 0 Å². The summed E-state index contributed by atoms with van der Waals surface area (Å²) >= 11 is 9.87. The minimum absolute atomic E-state index is 0.846. The quantitative estimate of drug-likeness (QED) is 0.429. The maximum Gasteiger partial charge on any atom is 0.00717 e. The third-order valence-corrected chi connectivity index (χ3v) is 2.41. The first-order valence-corrected chi connectivity index (χ1v) is 5.64. The molecule has 0 aromatic heterocycles. The van der Waals surface area contributed by atoms with E-state index >= 15 is 0 Å². The Bertz CT molecular complexity index is 130. The smallest absolute Gasteiger partial charge is 0.00717 e. The molecule has 0 bridgehead atoms. The maximum absolute atomic E-state index is 5.13. The van der Waals surface area contributed by atoms with Crippen LogP contribution < -0.4 is 0 Å². The van der Waals surface area contributed by atoms with Gasteiger partial charge in [0, 0.05) is 6.42 Å². The fraction of sp³-hybridized carbons (Fsp3) is 0.800. The molecule has 0 amide bonds. The molecule has 0 rings (SSSR count). The van der Waals surface area contributed by atoms with Gasteiger partial charge in [-0.15, -0.1) is 0 Å². The molecule has 0 spiro atoms. The van der Waals surface area contributed by atoms with E-state index in [1.807, 2.05) is 0 Å². The standard InChI is InChI=1S/C10H18S2/c1-2-3-4-5-6-7-10(12)8-9-11/h9H,2-8H2,1H3. The van der Waals surface area contributed by atoms with Gasteiger partial charge in [-0.3, -0.25) is 0 Å². The lowest BCUT2D eigenvalue weighted by atomic mass is 10.1. The Hall–Kier alpha value is 0.180. The van der Waals surface area contributed by atoms with Crippen molar-refractivity contribution in [1.82, 2.24) is 0 Å². The Morgan fingerprint density at radius 1 is 1.17 bits per heavy atom. The van der Waals surface area contributed by atoms with Gasteiger partial charge >= 0.3 is 0 Å². The van der Waals surface area contributed by atoms with Gasteiger partial charge in [-0.2, -0.15) is 0 Å². The van der Waals surface area contributed by atoms with E-state index in [0.717, 1.165) is 17.7 Å². The lowest BCUT2D eigenvalue weighted by Crippen LogP contribution is -1.93. The third kappa shape index (κ3) is 8.28. The van der Waals surface area contributed by atoms with Crippen molar-refractivity contribution >= 4 is 34.7 Å². The fourth-order valence-electron chi connectivity index (χ4n) is 1.12. The van der Waals surface area contributed by atoms with Crippen molar-refractivity contribution in [3.8, 4) is 0 Å². The number of hydrogen-bond acceptors (Lipinski definition) is 2. The number of hydrogen-bond donors (Lipinski definition) is 0. The second kappa shape index (κ2) is 9.27. The third-order valence-electron chi connectivity index (χ3n) is 1.87. The summed E-state index contributed by atoms with van der Waals surface area (Å²) in [5.74, 6) is 0. The molecule has 0 saturated heterocycles. The molecule has 0 N–H and O–H groups in total. The Morgan fingerprint density at radius 3 is 2.42 bits per heavy atom. The molecule has 0 unspecified atom stereocenters. The molecule has 0 heterocycles. The van der Waals surface area contributed by atoms with E-state index in [1.54, 1.807) is 5.37 Å². The second-order valence-electron chi connectivity index (χ2n) is 3.07. The van der Waals surface area contributed by atoms with Gasteiger partial charge in [0.15, 0.2) is 0 Å². The van der Waals surface area contributed by atoms with Gasteiger partial charge in [-0.25, -0.2) is 0 Å². The van der Waals surface area contributed by atoms with Crippen molar-refractivity contribution in [2.45, 2.75) is 51.9 Å². The normalized spacial score (nSPS) is 9.75. The molecule has 0 aromatic carbocycles. The van der Waals surface area contributed by atoms with Gasteiger partial charge in [0.2, 0.25) is 0 Å². The van der Waals surface area contributed by atoms with Gasteiger partial charge in [0.1, 0.15) is 0 Å². The number of thiocarbonyl (C=S) groups is 2. The van der Waals surface area contributed by atoms with Crippen LogP contribution in [0.25, 0.3) is 0 Å². The van der Waals surface area contributed by atoms with Gasteiger partial charge in [0.05, 0.1) is 0 Å². The highest BCUT2D eigenvalue weighted by atomic mass is 32.1. The Kier molecular flexibility index (Phi) is 9.41. The summed E-state index contributed by atoms with van der Waals surface area (Å²) in [7, 11) is 0. The summed E-state index contributed by atoms with van der Waals surface area (Å²) in [5, 5.41) is 1.73. The summed E-state index contributed by atoms with van der Waals surface area (Å²) in [6.45, 7) is 2.23. The minimum Gasteiger partial charge on any atom is -0.0931 e. The minimum atomic E-state index is 0.846. The van der Waals surface area contributed by atoms with Crippen LogP contribution in [-0.2, 0) is 0 Å². The molecule has 0 nitrogen and oxygen atoms in total. The topological polar surface area (TPSA) is 0 Å². The summed E-state index contributed by atoms with van der Waals surface area (Å²) in [4.78, 5) is 1.13. The largest absolute Gasteiger partial charge is 0.0931 e. The number of unbranched alkanes of at least 4 members (excludes halogenated alkanes) is 4. The average Bonchev–Trinajstić information content (AvgIpc) is 2.05. The SMILES string of the molecule is CCCCCCCC(=S)CC=S. The van der Waals surface area contributed by atoms with Crippen molar-refractivity contribution in [3.05, 3.63) is 0 Å². The summed E-state index contributed by atoms with van der Waals surface area (Å²) in [5.41, 5.74) is 0. The summed E-state index contributed by atoms with van der Waals surface area (Å²) < 4.78 is 0. The molecule has 0 atom stereocenters. The van der Waals surface area contributed by atoms with Crippen LogP contribution >= 0.6 is 24.4 Å². The highest BCUT2D eigenvalue weighted by molar-refractivity contribution is 7.81. The van der Waals surface area contributed by atoms with Crippen molar-refractivity contribution in [2.24, 2.45) is 0 Å². The van der Waals surface area contributed by atoms with E-state index in [-0.39, 0.29) is 0 Å². The number of rotatable bonds is 8. The van der Waals surface area contributed by atoms with Crippen LogP contribution in [0.3, 0.4) is 0 Å². The van der Waals surface area contributed by atoms with Crippen LogP contribution in [0.5, 0.6) is 0 Å². The van der Waals surface area contributed by atoms with Crippen LogP contribution in [0, 0.1) is 0 Å². The van der Waals surface area contributed by atoms with Crippen LogP contribution in [0.15, 0.2) is 0 Å². The molecular formula is C10H18S2. The van der Waals surface area contributed by atoms with E-state index in [2.05, 4.69) is 6.92 Å². The predicted octanol–water partition coefficient (Wildman–Crippen LogP) is 4.11. The first kappa shape index (κ1) is 12.2. The molecule has 0 aliphatic heterocycles. The molecule has 0 fully saturated rings. The maximum atomic E-state index is 5.13. The van der Waals surface area contributed by atoms with Gasteiger partial charge in [-0.05, 0) is 23.1 Å². The molecular weight excluding hydrogens is 184 g/mol. The van der Waals surface area contributed by atoms with Crippen molar-refractivity contribution < 1.29 is 0 Å². The molecule has 0 aliphatic rings. The summed E-state index contributed by atoms with van der Waals surface area (Å²) in [6, 6.07) is 0. The monoisotopic (exact) mass is 202 g/mol. The Morgan fingerprint density at radius 2 is 1.83 bits per heavy atom.